The van der Waals surface area contributed by atoms with Crippen LogP contribution < -0.4 is 15.2 Å². The second-order valence-corrected chi connectivity index (χ2v) is 5.92. The molecule has 0 amide bonds. The van der Waals surface area contributed by atoms with Crippen molar-refractivity contribution in [2.24, 2.45) is 5.73 Å². The lowest BCUT2D eigenvalue weighted by Crippen LogP contribution is -2.34. The van der Waals surface area contributed by atoms with Crippen LogP contribution in [0.4, 0.5) is 0 Å². The summed E-state index contributed by atoms with van der Waals surface area (Å²) >= 11 is 3.56. The van der Waals surface area contributed by atoms with Crippen molar-refractivity contribution in [3.63, 3.8) is 0 Å². The Bertz CT molecular complexity index is 413. The monoisotopic (exact) mass is 299 g/mol. The van der Waals surface area contributed by atoms with E-state index in [0.29, 0.717) is 13.2 Å². The van der Waals surface area contributed by atoms with E-state index in [0.717, 1.165) is 34.4 Å². The molecule has 2 N–H and O–H groups in total. The largest absolute Gasteiger partial charge is 0.490 e. The Balaban J connectivity index is 2.42. The van der Waals surface area contributed by atoms with Crippen molar-refractivity contribution in [1.29, 1.82) is 0 Å². The van der Waals surface area contributed by atoms with Crippen LogP contribution in [0.25, 0.3) is 0 Å². The molecule has 1 aromatic carbocycles. The number of ether oxygens (including phenoxy) is 2. The molecule has 0 saturated carbocycles. The molecule has 0 fully saturated rings. The van der Waals surface area contributed by atoms with Crippen LogP contribution in [0.3, 0.4) is 0 Å². The molecule has 4 heteroatoms. The summed E-state index contributed by atoms with van der Waals surface area (Å²) in [5.41, 5.74) is 6.92. The summed E-state index contributed by atoms with van der Waals surface area (Å²) in [4.78, 5) is 0. The van der Waals surface area contributed by atoms with E-state index in [4.69, 9.17) is 15.2 Å². The highest BCUT2D eigenvalue weighted by Gasteiger charge is 2.22. The van der Waals surface area contributed by atoms with Crippen molar-refractivity contribution in [3.05, 3.63) is 22.2 Å². The predicted octanol–water partition coefficient (Wildman–Crippen LogP) is 2.89. The topological polar surface area (TPSA) is 44.5 Å². The summed E-state index contributed by atoms with van der Waals surface area (Å²) in [5, 5.41) is 0. The Labute approximate surface area is 110 Å². The van der Waals surface area contributed by atoms with E-state index in [9.17, 15) is 0 Å². The molecule has 1 aliphatic rings. The van der Waals surface area contributed by atoms with E-state index in [-0.39, 0.29) is 5.54 Å². The molecule has 0 bridgehead atoms. The maximum Gasteiger partial charge on any atom is 0.165 e. The Hall–Kier alpha value is -0.740. The van der Waals surface area contributed by atoms with Crippen molar-refractivity contribution >= 4 is 15.9 Å². The average Bonchev–Trinajstić information content (AvgIpc) is 2.46. The van der Waals surface area contributed by atoms with Gasteiger partial charge in [-0.2, -0.15) is 0 Å². The summed E-state index contributed by atoms with van der Waals surface area (Å²) in [5.74, 6) is 1.67. The molecular weight excluding hydrogens is 282 g/mol. The van der Waals surface area contributed by atoms with Crippen LogP contribution in [0.2, 0.25) is 0 Å². The van der Waals surface area contributed by atoms with Crippen molar-refractivity contribution in [1.82, 2.24) is 0 Å². The molecule has 2 rings (SSSR count). The van der Waals surface area contributed by atoms with Crippen molar-refractivity contribution in [2.45, 2.75) is 32.2 Å². The Morgan fingerprint density at radius 2 is 2.00 bits per heavy atom. The molecule has 0 radical (unpaired) electrons. The van der Waals surface area contributed by atoms with Gasteiger partial charge in [0.05, 0.1) is 13.2 Å². The normalized spacial score (nSPS) is 15.5. The van der Waals surface area contributed by atoms with Gasteiger partial charge in [-0.15, -0.1) is 0 Å². The van der Waals surface area contributed by atoms with Gasteiger partial charge in [-0.05, 0) is 32.4 Å². The zero-order valence-electron chi connectivity index (χ0n) is 10.3. The molecule has 0 spiro atoms. The van der Waals surface area contributed by atoms with Crippen molar-refractivity contribution in [2.75, 3.05) is 13.2 Å². The highest BCUT2D eigenvalue weighted by atomic mass is 79.9. The molecule has 1 aromatic rings. The quantitative estimate of drug-likeness (QED) is 0.913. The number of benzene rings is 1. The molecule has 0 unspecified atom stereocenters. The Kier molecular flexibility index (Phi) is 3.64. The third-order valence-corrected chi connectivity index (χ3v) is 3.34. The minimum absolute atomic E-state index is 0.271. The first-order valence-electron chi connectivity index (χ1n) is 5.83. The molecule has 0 saturated heterocycles. The fourth-order valence-electron chi connectivity index (χ4n) is 1.89. The van der Waals surface area contributed by atoms with Crippen LogP contribution in [0.1, 0.15) is 25.8 Å². The first-order chi connectivity index (χ1) is 7.97. The number of fused-ring (bicyclic) bond motifs is 1. The van der Waals surface area contributed by atoms with Crippen LogP contribution in [-0.2, 0) is 6.42 Å². The average molecular weight is 300 g/mol. The standard InChI is InChI=1S/C13H18BrNO2/c1-13(2,15)8-9-10(14)4-5-11-12(9)17-7-3-6-16-11/h4-5H,3,6-8,15H2,1-2H3. The summed E-state index contributed by atoms with van der Waals surface area (Å²) in [6.45, 7) is 5.42. The maximum absolute atomic E-state index is 6.09. The van der Waals surface area contributed by atoms with E-state index < -0.39 is 0 Å². The van der Waals surface area contributed by atoms with E-state index >= 15 is 0 Å². The van der Waals surface area contributed by atoms with Gasteiger partial charge in [-0.25, -0.2) is 0 Å². The highest BCUT2D eigenvalue weighted by Crippen LogP contribution is 2.39. The van der Waals surface area contributed by atoms with Crippen LogP contribution in [0.5, 0.6) is 11.5 Å². The SMILES string of the molecule is CC(C)(N)Cc1c(Br)ccc2c1OCCCO2. The third kappa shape index (κ3) is 3.13. The zero-order chi connectivity index (χ0) is 12.5. The zero-order valence-corrected chi connectivity index (χ0v) is 11.8. The van der Waals surface area contributed by atoms with Gasteiger partial charge >= 0.3 is 0 Å². The minimum atomic E-state index is -0.271. The van der Waals surface area contributed by atoms with Gasteiger partial charge in [-0.3, -0.25) is 0 Å². The number of halogens is 1. The van der Waals surface area contributed by atoms with Gasteiger partial charge in [0.2, 0.25) is 0 Å². The number of rotatable bonds is 2. The molecule has 1 aliphatic heterocycles. The molecular formula is C13H18BrNO2. The van der Waals surface area contributed by atoms with Gasteiger partial charge in [-0.1, -0.05) is 15.9 Å². The second-order valence-electron chi connectivity index (χ2n) is 5.07. The maximum atomic E-state index is 6.09. The predicted molar refractivity (Wildman–Crippen MR) is 71.7 cm³/mol. The van der Waals surface area contributed by atoms with Crippen LogP contribution in [0.15, 0.2) is 16.6 Å². The summed E-state index contributed by atoms with van der Waals surface area (Å²) in [6, 6.07) is 3.94. The molecule has 94 valence electrons. The van der Waals surface area contributed by atoms with E-state index in [1.165, 1.54) is 0 Å². The molecule has 1 heterocycles. The second kappa shape index (κ2) is 4.86. The van der Waals surface area contributed by atoms with Gasteiger partial charge in [0.1, 0.15) is 0 Å². The number of nitrogens with two attached hydrogens (primary N) is 1. The van der Waals surface area contributed by atoms with Crippen LogP contribution in [0, 0.1) is 0 Å². The smallest absolute Gasteiger partial charge is 0.165 e. The van der Waals surface area contributed by atoms with Crippen LogP contribution in [-0.4, -0.2) is 18.8 Å². The minimum Gasteiger partial charge on any atom is -0.490 e. The van der Waals surface area contributed by atoms with E-state index in [1.807, 2.05) is 26.0 Å². The number of hydrogen-bond donors (Lipinski definition) is 1. The summed E-state index contributed by atoms with van der Waals surface area (Å²) in [7, 11) is 0. The molecule has 0 aliphatic carbocycles. The van der Waals surface area contributed by atoms with Crippen LogP contribution >= 0.6 is 15.9 Å². The lowest BCUT2D eigenvalue weighted by atomic mass is 9.95. The Morgan fingerprint density at radius 3 is 2.71 bits per heavy atom. The van der Waals surface area contributed by atoms with Gasteiger partial charge in [0.15, 0.2) is 11.5 Å². The van der Waals surface area contributed by atoms with Gasteiger partial charge in [0.25, 0.3) is 0 Å². The highest BCUT2D eigenvalue weighted by molar-refractivity contribution is 9.10. The molecule has 17 heavy (non-hydrogen) atoms. The van der Waals surface area contributed by atoms with E-state index in [1.54, 1.807) is 0 Å². The van der Waals surface area contributed by atoms with Gasteiger partial charge in [0, 0.05) is 22.0 Å². The number of hydrogen-bond acceptors (Lipinski definition) is 3. The summed E-state index contributed by atoms with van der Waals surface area (Å²) in [6.07, 6.45) is 1.66. The lowest BCUT2D eigenvalue weighted by Gasteiger charge is -2.22. The molecule has 3 nitrogen and oxygen atoms in total. The van der Waals surface area contributed by atoms with Gasteiger partial charge < -0.3 is 15.2 Å². The first-order valence-corrected chi connectivity index (χ1v) is 6.62. The third-order valence-electron chi connectivity index (χ3n) is 2.59. The molecule has 0 aromatic heterocycles. The van der Waals surface area contributed by atoms with Crippen molar-refractivity contribution in [3.8, 4) is 11.5 Å². The summed E-state index contributed by atoms with van der Waals surface area (Å²) < 4.78 is 12.5. The van der Waals surface area contributed by atoms with Crippen molar-refractivity contribution < 1.29 is 9.47 Å². The fraction of sp³-hybridized carbons (Fsp3) is 0.538. The van der Waals surface area contributed by atoms with E-state index in [2.05, 4.69) is 15.9 Å². The molecule has 0 atom stereocenters. The lowest BCUT2D eigenvalue weighted by molar-refractivity contribution is 0.295. The Morgan fingerprint density at radius 1 is 1.29 bits per heavy atom. The fourth-order valence-corrected chi connectivity index (χ4v) is 2.34. The first kappa shape index (κ1) is 12.7.